The minimum atomic E-state index is -0.353. The molecule has 0 bridgehead atoms. The molecule has 17 heavy (non-hydrogen) atoms. The number of benzene rings is 1. The minimum Gasteiger partial charge on any atom is -0.314 e. The van der Waals surface area contributed by atoms with Gasteiger partial charge in [0.15, 0.2) is 0 Å². The van der Waals surface area contributed by atoms with E-state index in [1.165, 1.54) is 6.07 Å². The Morgan fingerprint density at radius 1 is 1.35 bits per heavy atom. The predicted octanol–water partition coefficient (Wildman–Crippen LogP) is 4.05. The lowest BCUT2D eigenvalue weighted by Crippen LogP contribution is -2.35. The molecule has 96 valence electrons. The maximum Gasteiger partial charge on any atom is 0.141 e. The van der Waals surface area contributed by atoms with E-state index in [0.29, 0.717) is 6.04 Å². The van der Waals surface area contributed by atoms with Crippen molar-refractivity contribution in [2.75, 3.05) is 6.54 Å². The van der Waals surface area contributed by atoms with Crippen LogP contribution in [0.3, 0.4) is 0 Å². The molecule has 3 heteroatoms. The summed E-state index contributed by atoms with van der Waals surface area (Å²) in [5, 5.41) is 3.63. The summed E-state index contributed by atoms with van der Waals surface area (Å²) in [4.78, 5) is 0. The van der Waals surface area contributed by atoms with Crippen molar-refractivity contribution in [2.45, 2.75) is 40.2 Å². The first kappa shape index (κ1) is 14.5. The van der Waals surface area contributed by atoms with E-state index in [0.717, 1.165) is 18.5 Å². The Morgan fingerprint density at radius 2 is 2.00 bits per heavy atom. The second-order valence-electron chi connectivity index (χ2n) is 5.63. The molecular weight excluding hydrogens is 237 g/mol. The van der Waals surface area contributed by atoms with Gasteiger partial charge >= 0.3 is 0 Å². The Morgan fingerprint density at radius 3 is 2.53 bits per heavy atom. The van der Waals surface area contributed by atoms with Gasteiger partial charge in [-0.05, 0) is 29.5 Å². The monoisotopic (exact) mass is 257 g/mol. The number of hydrogen-bond acceptors (Lipinski definition) is 1. The van der Waals surface area contributed by atoms with Crippen LogP contribution < -0.4 is 5.32 Å². The Labute approximate surface area is 108 Å². The second kappa shape index (κ2) is 5.83. The fourth-order valence-corrected chi connectivity index (χ4v) is 1.95. The molecule has 0 atom stereocenters. The van der Waals surface area contributed by atoms with Crippen LogP contribution in [0.2, 0.25) is 5.02 Å². The van der Waals surface area contributed by atoms with Gasteiger partial charge in [0.25, 0.3) is 0 Å². The van der Waals surface area contributed by atoms with Gasteiger partial charge in [-0.15, -0.1) is 0 Å². The molecule has 1 N–H and O–H groups in total. The van der Waals surface area contributed by atoms with Crippen molar-refractivity contribution in [1.82, 2.24) is 5.32 Å². The van der Waals surface area contributed by atoms with Crippen LogP contribution in [0.15, 0.2) is 18.2 Å². The van der Waals surface area contributed by atoms with E-state index >= 15 is 0 Å². The lowest BCUT2D eigenvalue weighted by molar-refractivity contribution is 0.325. The smallest absolute Gasteiger partial charge is 0.141 e. The second-order valence-corrected chi connectivity index (χ2v) is 6.03. The summed E-state index contributed by atoms with van der Waals surface area (Å²) >= 11 is 5.78. The number of rotatable bonds is 5. The highest BCUT2D eigenvalue weighted by Gasteiger charge is 2.19. The van der Waals surface area contributed by atoms with E-state index in [1.54, 1.807) is 12.1 Å². The molecule has 0 aliphatic heterocycles. The van der Waals surface area contributed by atoms with Crippen molar-refractivity contribution < 1.29 is 4.39 Å². The molecule has 0 saturated carbocycles. The Hall–Kier alpha value is -0.600. The van der Waals surface area contributed by atoms with Crippen LogP contribution in [0.4, 0.5) is 4.39 Å². The third kappa shape index (κ3) is 5.05. The largest absolute Gasteiger partial charge is 0.314 e. The van der Waals surface area contributed by atoms with E-state index in [1.807, 2.05) is 0 Å². The topological polar surface area (TPSA) is 12.0 Å². The molecule has 0 fully saturated rings. The molecule has 1 nitrogen and oxygen atoms in total. The molecule has 0 amide bonds. The highest BCUT2D eigenvalue weighted by molar-refractivity contribution is 6.30. The quantitative estimate of drug-likeness (QED) is 0.839. The van der Waals surface area contributed by atoms with Gasteiger partial charge in [-0.3, -0.25) is 0 Å². The third-order valence-corrected chi connectivity index (χ3v) is 2.95. The van der Waals surface area contributed by atoms with Crippen LogP contribution >= 0.6 is 11.6 Å². The summed E-state index contributed by atoms with van der Waals surface area (Å²) in [6.07, 6.45) is 0.882. The molecule has 0 aromatic heterocycles. The van der Waals surface area contributed by atoms with Crippen LogP contribution in [-0.2, 0) is 6.42 Å². The van der Waals surface area contributed by atoms with Gasteiger partial charge in [0.1, 0.15) is 5.82 Å². The van der Waals surface area contributed by atoms with Crippen molar-refractivity contribution in [3.63, 3.8) is 0 Å². The van der Waals surface area contributed by atoms with Gasteiger partial charge < -0.3 is 5.32 Å². The van der Waals surface area contributed by atoms with Gasteiger partial charge in [-0.25, -0.2) is 4.39 Å². The van der Waals surface area contributed by atoms with Gasteiger partial charge in [0.2, 0.25) is 0 Å². The summed E-state index contributed by atoms with van der Waals surface area (Å²) in [6, 6.07) is 5.43. The first-order valence-electron chi connectivity index (χ1n) is 5.97. The molecule has 0 heterocycles. The van der Waals surface area contributed by atoms with Crippen LogP contribution in [0, 0.1) is 11.2 Å². The normalized spacial score (nSPS) is 12.2. The molecule has 0 spiro atoms. The van der Waals surface area contributed by atoms with Gasteiger partial charge in [-0.1, -0.05) is 45.4 Å². The van der Waals surface area contributed by atoms with Crippen LogP contribution in [0.1, 0.15) is 33.3 Å². The van der Waals surface area contributed by atoms with Crippen molar-refractivity contribution in [1.29, 1.82) is 0 Å². The van der Waals surface area contributed by atoms with Crippen molar-refractivity contribution in [2.24, 2.45) is 5.41 Å². The fourth-order valence-electron chi connectivity index (χ4n) is 1.75. The molecule has 1 rings (SSSR count). The van der Waals surface area contributed by atoms with Crippen molar-refractivity contribution in [3.05, 3.63) is 34.6 Å². The molecule has 1 aromatic carbocycles. The molecule has 0 aliphatic rings. The van der Waals surface area contributed by atoms with Gasteiger partial charge in [0.05, 0.1) is 5.02 Å². The fraction of sp³-hybridized carbons (Fsp3) is 0.571. The van der Waals surface area contributed by atoms with E-state index < -0.39 is 0 Å². The highest BCUT2D eigenvalue weighted by atomic mass is 35.5. The Bertz CT molecular complexity index is 374. The summed E-state index contributed by atoms with van der Waals surface area (Å²) in [5.41, 5.74) is 1.21. The van der Waals surface area contributed by atoms with Crippen molar-refractivity contribution in [3.8, 4) is 0 Å². The standard InChI is InChI=1S/C14H21ClFN/c1-10(2)17-9-14(3,4)8-11-5-6-13(16)12(15)7-11/h5-7,10,17H,8-9H2,1-4H3. The van der Waals surface area contributed by atoms with E-state index in [-0.39, 0.29) is 16.3 Å². The van der Waals surface area contributed by atoms with Crippen LogP contribution in [-0.4, -0.2) is 12.6 Å². The molecule has 0 aliphatic carbocycles. The first-order valence-corrected chi connectivity index (χ1v) is 6.35. The lowest BCUT2D eigenvalue weighted by atomic mass is 9.85. The maximum atomic E-state index is 13.0. The number of halogens is 2. The van der Waals surface area contributed by atoms with E-state index in [4.69, 9.17) is 11.6 Å². The predicted molar refractivity (Wildman–Crippen MR) is 72.0 cm³/mol. The molecule has 0 unspecified atom stereocenters. The minimum absolute atomic E-state index is 0.130. The SMILES string of the molecule is CC(C)NCC(C)(C)Cc1ccc(F)c(Cl)c1. The lowest BCUT2D eigenvalue weighted by Gasteiger charge is -2.26. The summed E-state index contributed by atoms with van der Waals surface area (Å²) in [7, 11) is 0. The summed E-state index contributed by atoms with van der Waals surface area (Å²) in [6.45, 7) is 9.58. The zero-order valence-electron chi connectivity index (χ0n) is 11.0. The van der Waals surface area contributed by atoms with Crippen LogP contribution in [0.5, 0.6) is 0 Å². The van der Waals surface area contributed by atoms with Gasteiger partial charge in [-0.2, -0.15) is 0 Å². The number of nitrogens with one attached hydrogen (secondary N) is 1. The van der Waals surface area contributed by atoms with E-state index in [2.05, 4.69) is 33.0 Å². The Balaban J connectivity index is 2.65. The average Bonchev–Trinajstić information content (AvgIpc) is 2.21. The molecule has 0 radical (unpaired) electrons. The number of hydrogen-bond donors (Lipinski definition) is 1. The third-order valence-electron chi connectivity index (χ3n) is 2.66. The highest BCUT2D eigenvalue weighted by Crippen LogP contribution is 2.24. The molecule has 1 aromatic rings. The van der Waals surface area contributed by atoms with Crippen LogP contribution in [0.25, 0.3) is 0 Å². The Kier molecular flexibility index (Phi) is 4.96. The first-order chi connectivity index (χ1) is 7.80. The molecule has 0 saturated heterocycles. The summed E-state index contributed by atoms with van der Waals surface area (Å²) in [5.74, 6) is -0.353. The van der Waals surface area contributed by atoms with Crippen molar-refractivity contribution >= 4 is 11.6 Å². The zero-order chi connectivity index (χ0) is 13.1. The molecular formula is C14H21ClFN. The zero-order valence-corrected chi connectivity index (χ0v) is 11.7. The summed E-state index contributed by atoms with van der Waals surface area (Å²) < 4.78 is 13.0. The van der Waals surface area contributed by atoms with E-state index in [9.17, 15) is 4.39 Å². The van der Waals surface area contributed by atoms with Gasteiger partial charge in [0, 0.05) is 12.6 Å². The maximum absolute atomic E-state index is 13.0. The average molecular weight is 258 g/mol.